The van der Waals surface area contributed by atoms with Gasteiger partial charge in [0, 0.05) is 27.1 Å². The molecule has 41 heavy (non-hydrogen) atoms. The number of nitrogens with zero attached hydrogens (tertiary/aromatic N) is 1. The molecule has 2 atom stereocenters. The van der Waals surface area contributed by atoms with E-state index in [4.69, 9.17) is 21.3 Å². The number of esters is 1. The van der Waals surface area contributed by atoms with Gasteiger partial charge in [-0.2, -0.15) is 11.8 Å². The van der Waals surface area contributed by atoms with Crippen LogP contribution in [0.4, 0.5) is 0 Å². The Morgan fingerprint density at radius 2 is 1.76 bits per heavy atom. The van der Waals surface area contributed by atoms with Crippen LogP contribution in [0.2, 0.25) is 5.02 Å². The van der Waals surface area contributed by atoms with Crippen LogP contribution in [-0.2, 0) is 28.8 Å². The van der Waals surface area contributed by atoms with Crippen LogP contribution in [0.3, 0.4) is 0 Å². The molecule has 0 aliphatic rings. The first kappa shape index (κ1) is 30.6. The predicted octanol–water partition coefficient (Wildman–Crippen LogP) is 8.37. The molecule has 0 aliphatic heterocycles. The Morgan fingerprint density at radius 3 is 2.54 bits per heavy atom. The van der Waals surface area contributed by atoms with E-state index in [2.05, 4.69) is 36.4 Å². The number of aromatic nitrogens is 1. The molecule has 0 amide bonds. The second-order valence-corrected chi connectivity index (χ2v) is 11.7. The van der Waals surface area contributed by atoms with E-state index in [1.54, 1.807) is 23.9 Å². The van der Waals surface area contributed by atoms with Crippen molar-refractivity contribution >= 4 is 46.2 Å². The van der Waals surface area contributed by atoms with Gasteiger partial charge in [-0.05, 0) is 80.0 Å². The maximum absolute atomic E-state index is 12.5. The normalized spacial score (nSPS) is 12.7. The summed E-state index contributed by atoms with van der Waals surface area (Å²) in [7, 11) is 0. The van der Waals surface area contributed by atoms with Crippen LogP contribution < -0.4 is 0 Å². The first-order valence-electron chi connectivity index (χ1n) is 14.1. The number of aromatic carboxylic acids is 1. The van der Waals surface area contributed by atoms with Crippen molar-refractivity contribution in [1.29, 1.82) is 0 Å². The van der Waals surface area contributed by atoms with Gasteiger partial charge in [-0.1, -0.05) is 73.1 Å². The molecule has 0 fully saturated rings. The van der Waals surface area contributed by atoms with Crippen molar-refractivity contribution < 1.29 is 19.4 Å². The molecule has 4 aromatic rings. The predicted molar refractivity (Wildman–Crippen MR) is 168 cm³/mol. The van der Waals surface area contributed by atoms with E-state index in [1.807, 2.05) is 44.2 Å². The van der Waals surface area contributed by atoms with Gasteiger partial charge < -0.3 is 9.84 Å². The van der Waals surface area contributed by atoms with Gasteiger partial charge in [-0.3, -0.25) is 9.78 Å². The molecular weight excluding hydrogens is 554 g/mol. The molecule has 1 heterocycles. The van der Waals surface area contributed by atoms with E-state index in [0.29, 0.717) is 35.8 Å². The minimum absolute atomic E-state index is 0.0983. The first-order chi connectivity index (χ1) is 19.9. The van der Waals surface area contributed by atoms with Crippen LogP contribution >= 0.6 is 23.4 Å². The van der Waals surface area contributed by atoms with E-state index in [0.717, 1.165) is 41.4 Å². The fourth-order valence-corrected chi connectivity index (χ4v) is 6.54. The van der Waals surface area contributed by atoms with Crippen molar-refractivity contribution in [1.82, 2.24) is 4.98 Å². The number of ether oxygens (including phenoxy) is 1. The number of carboxylic acid groups (broad SMARTS) is 1. The van der Waals surface area contributed by atoms with E-state index < -0.39 is 5.97 Å². The molecule has 0 aliphatic carbocycles. The molecule has 3 aromatic carbocycles. The van der Waals surface area contributed by atoms with Gasteiger partial charge in [0.25, 0.3) is 0 Å². The Hall–Kier alpha value is -3.35. The SMILES string of the molecule is CCOC(=O)C(CC)CSC(CCc1ccccc1C(=O)O)c1cccc(CCc2ccc3ccc(Cl)cc3n2)c1. The number of hydrogen-bond acceptors (Lipinski definition) is 5. The van der Waals surface area contributed by atoms with E-state index in [9.17, 15) is 14.7 Å². The van der Waals surface area contributed by atoms with E-state index in [1.165, 1.54) is 11.1 Å². The summed E-state index contributed by atoms with van der Waals surface area (Å²) < 4.78 is 5.30. The standard InChI is InChI=1S/C34H36ClNO4S/c1-3-24(34(39)40-4-2)22-41-32(19-15-25-9-5-6-11-30(25)33(37)38)27-10-7-8-23(20-27)12-17-29-18-14-26-13-16-28(35)21-31(26)36-29/h5-11,13-14,16,18,20-21,24,32H,3-4,12,15,17,19,22H2,1-2H3,(H,37,38). The number of aryl methyl sites for hydroxylation is 3. The lowest BCUT2D eigenvalue weighted by Crippen LogP contribution is -2.20. The maximum Gasteiger partial charge on any atom is 0.335 e. The Bertz CT molecular complexity index is 1490. The fourth-order valence-electron chi connectivity index (χ4n) is 4.92. The van der Waals surface area contributed by atoms with Gasteiger partial charge in [0.2, 0.25) is 0 Å². The third-order valence-corrected chi connectivity index (χ3v) is 8.98. The maximum atomic E-state index is 12.5. The summed E-state index contributed by atoms with van der Waals surface area (Å²) in [5, 5.41) is 11.5. The fraction of sp³-hybridized carbons (Fsp3) is 0.324. The molecule has 0 spiro atoms. The zero-order valence-electron chi connectivity index (χ0n) is 23.5. The van der Waals surface area contributed by atoms with Crippen LogP contribution in [0.5, 0.6) is 0 Å². The minimum atomic E-state index is -0.912. The van der Waals surface area contributed by atoms with Gasteiger partial charge in [0.05, 0.1) is 23.6 Å². The molecular formula is C34H36ClNO4S. The quantitative estimate of drug-likeness (QED) is 0.149. The molecule has 1 N–H and O–H groups in total. The molecule has 7 heteroatoms. The molecule has 1 aromatic heterocycles. The van der Waals surface area contributed by atoms with Crippen molar-refractivity contribution in [3.8, 4) is 0 Å². The number of carbonyl (C=O) groups is 2. The smallest absolute Gasteiger partial charge is 0.335 e. The highest BCUT2D eigenvalue weighted by atomic mass is 35.5. The lowest BCUT2D eigenvalue weighted by Gasteiger charge is -2.21. The van der Waals surface area contributed by atoms with Crippen LogP contribution in [-0.4, -0.2) is 34.4 Å². The second-order valence-electron chi connectivity index (χ2n) is 10.1. The summed E-state index contributed by atoms with van der Waals surface area (Å²) in [6.07, 6.45) is 3.74. The number of halogens is 1. The highest BCUT2D eigenvalue weighted by molar-refractivity contribution is 7.99. The van der Waals surface area contributed by atoms with Crippen molar-refractivity contribution in [2.24, 2.45) is 5.92 Å². The van der Waals surface area contributed by atoms with Crippen LogP contribution in [0.1, 0.15) is 64.7 Å². The Morgan fingerprint density at radius 1 is 0.951 bits per heavy atom. The lowest BCUT2D eigenvalue weighted by atomic mass is 9.97. The Labute approximate surface area is 251 Å². The van der Waals surface area contributed by atoms with Crippen molar-refractivity contribution in [3.63, 3.8) is 0 Å². The molecule has 0 saturated carbocycles. The monoisotopic (exact) mass is 589 g/mol. The number of rotatable bonds is 14. The zero-order chi connectivity index (χ0) is 29.2. The molecule has 0 saturated heterocycles. The van der Waals surface area contributed by atoms with Gasteiger partial charge in [-0.15, -0.1) is 0 Å². The van der Waals surface area contributed by atoms with E-state index >= 15 is 0 Å². The number of hydrogen-bond donors (Lipinski definition) is 1. The average molecular weight is 590 g/mol. The van der Waals surface area contributed by atoms with Gasteiger partial charge in [0.1, 0.15) is 0 Å². The van der Waals surface area contributed by atoms with Gasteiger partial charge in [-0.25, -0.2) is 4.79 Å². The summed E-state index contributed by atoms with van der Waals surface area (Å²) in [6.45, 7) is 4.21. The van der Waals surface area contributed by atoms with E-state index in [-0.39, 0.29) is 17.1 Å². The number of thioether (sulfide) groups is 1. The second kappa shape index (κ2) is 15.0. The summed E-state index contributed by atoms with van der Waals surface area (Å²) in [5.74, 6) is -0.599. The van der Waals surface area contributed by atoms with Crippen molar-refractivity contribution in [2.45, 2.75) is 51.2 Å². The molecule has 2 unspecified atom stereocenters. The number of carboxylic acids is 1. The number of carbonyl (C=O) groups excluding carboxylic acids is 1. The summed E-state index contributed by atoms with van der Waals surface area (Å²) >= 11 is 7.92. The third kappa shape index (κ3) is 8.57. The number of pyridine rings is 1. The molecule has 0 bridgehead atoms. The highest BCUT2D eigenvalue weighted by Gasteiger charge is 2.22. The Kier molecular flexibility index (Phi) is 11.2. The molecule has 214 valence electrons. The van der Waals surface area contributed by atoms with Gasteiger partial charge in [0.15, 0.2) is 0 Å². The lowest BCUT2D eigenvalue weighted by molar-refractivity contribution is -0.147. The summed E-state index contributed by atoms with van der Waals surface area (Å²) in [6, 6.07) is 25.7. The minimum Gasteiger partial charge on any atom is -0.478 e. The Balaban J connectivity index is 1.51. The van der Waals surface area contributed by atoms with Gasteiger partial charge >= 0.3 is 11.9 Å². The highest BCUT2D eigenvalue weighted by Crippen LogP contribution is 2.36. The summed E-state index contributed by atoms with van der Waals surface area (Å²) in [4.78, 5) is 29.1. The number of benzene rings is 3. The molecule has 0 radical (unpaired) electrons. The van der Waals surface area contributed by atoms with Crippen LogP contribution in [0.15, 0.2) is 78.9 Å². The van der Waals surface area contributed by atoms with Crippen molar-refractivity contribution in [3.05, 3.63) is 112 Å². The van der Waals surface area contributed by atoms with Crippen molar-refractivity contribution in [2.75, 3.05) is 12.4 Å². The largest absolute Gasteiger partial charge is 0.478 e. The molecule has 4 rings (SSSR count). The average Bonchev–Trinajstić information content (AvgIpc) is 2.98. The third-order valence-electron chi connectivity index (χ3n) is 7.24. The number of fused-ring (bicyclic) bond motifs is 1. The molecule has 5 nitrogen and oxygen atoms in total. The van der Waals surface area contributed by atoms with Crippen LogP contribution in [0.25, 0.3) is 10.9 Å². The zero-order valence-corrected chi connectivity index (χ0v) is 25.1. The van der Waals surface area contributed by atoms with Crippen LogP contribution in [0, 0.1) is 5.92 Å². The topological polar surface area (TPSA) is 76.5 Å². The first-order valence-corrected chi connectivity index (χ1v) is 15.5. The summed E-state index contributed by atoms with van der Waals surface area (Å²) in [5.41, 5.74) is 5.46.